The number of nitrogens with one attached hydrogen (secondary N) is 1. The van der Waals surface area contributed by atoms with Gasteiger partial charge in [0.2, 0.25) is 11.9 Å². The molecule has 0 radical (unpaired) electrons. The number of ether oxygens (including phenoxy) is 2. The Morgan fingerprint density at radius 1 is 1.08 bits per heavy atom. The molecular formula is C27H33F2N7O3. The number of fused-ring (bicyclic) bond motifs is 1. The molecule has 5 heterocycles. The lowest BCUT2D eigenvalue weighted by molar-refractivity contribution is -0.132. The number of anilines is 2. The van der Waals surface area contributed by atoms with Gasteiger partial charge in [-0.2, -0.15) is 9.97 Å². The van der Waals surface area contributed by atoms with Gasteiger partial charge in [-0.1, -0.05) is 12.1 Å². The monoisotopic (exact) mass is 541 g/mol. The number of carbonyl (C=O) groups is 1. The Labute approximate surface area is 225 Å². The molecule has 3 aliphatic heterocycles. The molecule has 3 fully saturated rings. The summed E-state index contributed by atoms with van der Waals surface area (Å²) < 4.78 is 40.7. The minimum atomic E-state index is -2.77. The molecule has 208 valence electrons. The van der Waals surface area contributed by atoms with Gasteiger partial charge in [-0.3, -0.25) is 9.36 Å². The smallest absolute Gasteiger partial charge is 0.296 e. The fourth-order valence-electron chi connectivity index (χ4n) is 5.57. The quantitative estimate of drug-likeness (QED) is 0.464. The number of alkyl halides is 2. The number of hydrogen-bond acceptors (Lipinski definition) is 8. The molecule has 2 atom stereocenters. The topological polar surface area (TPSA) is 97.6 Å². The summed E-state index contributed by atoms with van der Waals surface area (Å²) in [4.78, 5) is 30.3. The van der Waals surface area contributed by atoms with Crippen LogP contribution in [0.25, 0.3) is 16.9 Å². The molecule has 1 N–H and O–H groups in total. The number of amides is 1. The summed E-state index contributed by atoms with van der Waals surface area (Å²) in [6, 6.07) is 8.74. The van der Waals surface area contributed by atoms with Gasteiger partial charge < -0.3 is 24.6 Å². The van der Waals surface area contributed by atoms with Crippen molar-refractivity contribution >= 4 is 28.7 Å². The van der Waals surface area contributed by atoms with Crippen molar-refractivity contribution in [1.29, 1.82) is 0 Å². The number of hydrogen-bond donors (Lipinski definition) is 1. The molecule has 1 aromatic carbocycles. The van der Waals surface area contributed by atoms with Gasteiger partial charge in [0.25, 0.3) is 6.43 Å². The number of carbonyl (C=O) groups excluding carboxylic acids is 1. The van der Waals surface area contributed by atoms with Gasteiger partial charge in [0.1, 0.15) is 11.6 Å². The van der Waals surface area contributed by atoms with E-state index >= 15 is 0 Å². The lowest BCUT2D eigenvalue weighted by Crippen LogP contribution is -2.37. The summed E-state index contributed by atoms with van der Waals surface area (Å²) in [6.45, 7) is 5.06. The molecule has 3 saturated heterocycles. The molecule has 0 saturated carbocycles. The standard InChI is InChI=1S/C27H33F2N7O3/c28-25(29)26-31-20-5-1-2-6-21(20)36(26)23-15-22(32-27(33-23)34-9-12-38-13-10-34)30-16-18-7-8-35(17-18)24(37)14-19-4-3-11-39-19/h1-2,5-6,15,18-19,25H,3-4,7-14,16-17H2,(H,30,32,33)/t18-,19?/m1/s1. The van der Waals surface area contributed by atoms with Crippen molar-refractivity contribution in [3.63, 3.8) is 0 Å². The molecule has 6 rings (SSSR count). The molecule has 12 heteroatoms. The number of halogens is 2. The summed E-state index contributed by atoms with van der Waals surface area (Å²) in [5, 5.41) is 3.40. The summed E-state index contributed by atoms with van der Waals surface area (Å²) in [6.07, 6.45) is 0.582. The maximum Gasteiger partial charge on any atom is 0.296 e. The molecule has 0 aliphatic carbocycles. The number of morpholine rings is 1. The molecule has 39 heavy (non-hydrogen) atoms. The maximum absolute atomic E-state index is 14.1. The molecule has 0 spiro atoms. The van der Waals surface area contributed by atoms with Crippen molar-refractivity contribution < 1.29 is 23.0 Å². The van der Waals surface area contributed by atoms with Crippen LogP contribution in [0, 0.1) is 5.92 Å². The van der Waals surface area contributed by atoms with Crippen LogP contribution in [0.5, 0.6) is 0 Å². The lowest BCUT2D eigenvalue weighted by Gasteiger charge is -2.27. The van der Waals surface area contributed by atoms with E-state index in [-0.39, 0.29) is 23.8 Å². The summed E-state index contributed by atoms with van der Waals surface area (Å²) >= 11 is 0. The Kier molecular flexibility index (Phi) is 7.55. The predicted octanol–water partition coefficient (Wildman–Crippen LogP) is 3.42. The molecule has 3 aromatic rings. The van der Waals surface area contributed by atoms with Crippen LogP contribution >= 0.6 is 0 Å². The van der Waals surface area contributed by atoms with Crippen molar-refractivity contribution in [3.05, 3.63) is 36.2 Å². The summed E-state index contributed by atoms with van der Waals surface area (Å²) in [5.41, 5.74) is 1.04. The third-order valence-electron chi connectivity index (χ3n) is 7.64. The van der Waals surface area contributed by atoms with Crippen LogP contribution in [0.2, 0.25) is 0 Å². The van der Waals surface area contributed by atoms with E-state index in [0.29, 0.717) is 74.4 Å². The Morgan fingerprint density at radius 2 is 1.92 bits per heavy atom. The summed E-state index contributed by atoms with van der Waals surface area (Å²) in [5.74, 6) is 1.38. The first-order valence-electron chi connectivity index (χ1n) is 13.7. The van der Waals surface area contributed by atoms with Crippen LogP contribution in [-0.2, 0) is 14.3 Å². The van der Waals surface area contributed by atoms with Gasteiger partial charge in [0.15, 0.2) is 5.82 Å². The fraction of sp³-hybridized carbons (Fsp3) is 0.556. The van der Waals surface area contributed by atoms with E-state index in [9.17, 15) is 13.6 Å². The summed E-state index contributed by atoms with van der Waals surface area (Å²) in [7, 11) is 0. The molecule has 2 aromatic heterocycles. The molecular weight excluding hydrogens is 508 g/mol. The minimum absolute atomic E-state index is 0.0464. The highest BCUT2D eigenvalue weighted by molar-refractivity contribution is 5.78. The highest BCUT2D eigenvalue weighted by Crippen LogP contribution is 2.29. The van der Waals surface area contributed by atoms with E-state index < -0.39 is 6.43 Å². The minimum Gasteiger partial charge on any atom is -0.378 e. The van der Waals surface area contributed by atoms with Crippen LogP contribution < -0.4 is 10.2 Å². The highest BCUT2D eigenvalue weighted by atomic mass is 19.3. The van der Waals surface area contributed by atoms with Crippen molar-refractivity contribution in [3.8, 4) is 5.82 Å². The normalized spacial score (nSPS) is 21.8. The van der Waals surface area contributed by atoms with Gasteiger partial charge in [0, 0.05) is 45.4 Å². The zero-order valence-corrected chi connectivity index (χ0v) is 21.8. The second kappa shape index (κ2) is 11.4. The number of imidazole rings is 1. The maximum atomic E-state index is 14.1. The first-order chi connectivity index (χ1) is 19.0. The Balaban J connectivity index is 1.23. The molecule has 3 aliphatic rings. The molecule has 10 nitrogen and oxygen atoms in total. The average molecular weight is 542 g/mol. The van der Waals surface area contributed by atoms with Gasteiger partial charge in [-0.25, -0.2) is 13.8 Å². The third-order valence-corrected chi connectivity index (χ3v) is 7.64. The largest absolute Gasteiger partial charge is 0.378 e. The van der Waals surface area contributed by atoms with E-state index in [4.69, 9.17) is 19.4 Å². The number of nitrogens with zero attached hydrogens (tertiary/aromatic N) is 6. The van der Waals surface area contributed by atoms with Crippen LogP contribution in [0.3, 0.4) is 0 Å². The molecule has 1 unspecified atom stereocenters. The van der Waals surface area contributed by atoms with E-state index in [1.165, 1.54) is 4.57 Å². The fourth-order valence-corrected chi connectivity index (χ4v) is 5.57. The van der Waals surface area contributed by atoms with E-state index in [1.54, 1.807) is 30.3 Å². The van der Waals surface area contributed by atoms with Crippen molar-refractivity contribution in [2.24, 2.45) is 5.92 Å². The van der Waals surface area contributed by atoms with Gasteiger partial charge in [0.05, 0.1) is 36.8 Å². The van der Waals surface area contributed by atoms with Crippen LogP contribution in [0.15, 0.2) is 30.3 Å². The number of aromatic nitrogens is 4. The van der Waals surface area contributed by atoms with Gasteiger partial charge >= 0.3 is 0 Å². The Bertz CT molecular complexity index is 1310. The van der Waals surface area contributed by atoms with Gasteiger partial charge in [-0.15, -0.1) is 0 Å². The van der Waals surface area contributed by atoms with Crippen molar-refractivity contribution in [1.82, 2.24) is 24.4 Å². The Morgan fingerprint density at radius 3 is 2.72 bits per heavy atom. The van der Waals surface area contributed by atoms with Crippen molar-refractivity contribution in [2.45, 2.75) is 38.2 Å². The number of para-hydroxylation sites is 2. The Hall–Kier alpha value is -3.38. The van der Waals surface area contributed by atoms with Crippen LogP contribution in [-0.4, -0.2) is 89.0 Å². The molecule has 1 amide bonds. The number of benzene rings is 1. The first-order valence-corrected chi connectivity index (χ1v) is 13.7. The number of likely N-dealkylation sites (tertiary alicyclic amines) is 1. The van der Waals surface area contributed by atoms with Gasteiger partial charge in [-0.05, 0) is 37.3 Å². The van der Waals surface area contributed by atoms with E-state index in [2.05, 4.69) is 10.3 Å². The van der Waals surface area contributed by atoms with Crippen molar-refractivity contribution in [2.75, 3.05) is 62.8 Å². The average Bonchev–Trinajstić information content (AvgIpc) is 3.72. The number of rotatable bonds is 8. The van der Waals surface area contributed by atoms with E-state index in [0.717, 1.165) is 32.4 Å². The molecule has 0 bridgehead atoms. The third kappa shape index (κ3) is 5.67. The van der Waals surface area contributed by atoms with Crippen LogP contribution in [0.4, 0.5) is 20.5 Å². The predicted molar refractivity (Wildman–Crippen MR) is 141 cm³/mol. The highest BCUT2D eigenvalue weighted by Gasteiger charge is 2.29. The lowest BCUT2D eigenvalue weighted by atomic mass is 10.1. The van der Waals surface area contributed by atoms with Crippen LogP contribution in [0.1, 0.15) is 37.9 Å². The zero-order valence-electron chi connectivity index (χ0n) is 21.8. The zero-order chi connectivity index (χ0) is 26.8. The van der Waals surface area contributed by atoms with E-state index in [1.807, 2.05) is 9.80 Å². The SMILES string of the molecule is O=C(CC1CCCO1)N1CC[C@H](CNc2cc(-n3c(C(F)F)nc4ccccc43)nc(N3CCOCC3)n2)C1. The first kappa shape index (κ1) is 25.9. The second-order valence-electron chi connectivity index (χ2n) is 10.3. The second-order valence-corrected chi connectivity index (χ2v) is 10.3.